The second-order valence-electron chi connectivity index (χ2n) is 7.91. The molecule has 1 fully saturated rings. The molecule has 2 aromatic carbocycles. The van der Waals surface area contributed by atoms with Gasteiger partial charge in [0.15, 0.2) is 0 Å². The van der Waals surface area contributed by atoms with Gasteiger partial charge in [0.1, 0.15) is 6.54 Å². The number of benzene rings is 2. The first-order chi connectivity index (χ1) is 15.3. The molecule has 1 aliphatic heterocycles. The van der Waals surface area contributed by atoms with Gasteiger partial charge in [-0.2, -0.15) is 0 Å². The Bertz CT molecular complexity index is 955. The summed E-state index contributed by atoms with van der Waals surface area (Å²) in [4.78, 5) is 40.5. The van der Waals surface area contributed by atoms with Crippen molar-refractivity contribution in [3.8, 4) is 11.1 Å². The summed E-state index contributed by atoms with van der Waals surface area (Å²) in [7, 11) is 3.69. The zero-order valence-corrected chi connectivity index (χ0v) is 18.4. The number of hydrogen-bond acceptors (Lipinski definition) is 4. The Hall–Kier alpha value is -3.59. The van der Waals surface area contributed by atoms with Crippen molar-refractivity contribution in [2.45, 2.75) is 6.54 Å². The monoisotopic (exact) mass is 439 g/mol. The molecule has 0 aromatic heterocycles. The lowest BCUT2D eigenvalue weighted by atomic mass is 10.0. The molecule has 9 heteroatoms. The molecule has 1 saturated heterocycles. The van der Waals surface area contributed by atoms with Gasteiger partial charge in [0, 0.05) is 45.5 Å². The number of carbonyl (C=O) groups is 3. The second-order valence-corrected chi connectivity index (χ2v) is 7.91. The molecule has 9 nitrogen and oxygen atoms in total. The zero-order valence-electron chi connectivity index (χ0n) is 18.4. The second kappa shape index (κ2) is 10.6. The number of carboxylic acid groups (broad SMARTS) is 1. The van der Waals surface area contributed by atoms with Gasteiger partial charge in [-0.3, -0.25) is 4.79 Å². The highest BCUT2D eigenvalue weighted by Crippen LogP contribution is 2.23. The smallest absolute Gasteiger partial charge is 0.405 e. The molecule has 32 heavy (non-hydrogen) atoms. The standard InChI is InChI=1S/C23H29N5O4/c1-26-10-12-28(13-11-26)22(30)25-20-8-6-18(7-9-20)19-5-3-4-17(14-19)16-27(2)21(29)15-24-23(31)32/h3-9,14,24H,10-13,15-16H2,1-2H3,(H,25,30)(H,31,32). The number of nitrogens with zero attached hydrogens (tertiary/aromatic N) is 3. The van der Waals surface area contributed by atoms with E-state index >= 15 is 0 Å². The van der Waals surface area contributed by atoms with Crippen molar-refractivity contribution >= 4 is 23.7 Å². The third-order valence-corrected chi connectivity index (χ3v) is 5.42. The molecular formula is C23H29N5O4. The van der Waals surface area contributed by atoms with Crippen LogP contribution in [0.2, 0.25) is 0 Å². The topological polar surface area (TPSA) is 105 Å². The van der Waals surface area contributed by atoms with E-state index in [1.165, 1.54) is 4.90 Å². The van der Waals surface area contributed by atoms with Gasteiger partial charge >= 0.3 is 12.1 Å². The third kappa shape index (κ3) is 6.45. The Morgan fingerprint density at radius 1 is 1.00 bits per heavy atom. The summed E-state index contributed by atoms with van der Waals surface area (Å²) in [5, 5.41) is 13.7. The minimum atomic E-state index is -1.23. The fraction of sp³-hybridized carbons (Fsp3) is 0.348. The Balaban J connectivity index is 1.59. The van der Waals surface area contributed by atoms with Crippen LogP contribution < -0.4 is 10.6 Å². The van der Waals surface area contributed by atoms with Gasteiger partial charge in [-0.1, -0.05) is 30.3 Å². The van der Waals surface area contributed by atoms with Crippen LogP contribution >= 0.6 is 0 Å². The van der Waals surface area contributed by atoms with Gasteiger partial charge in [0.2, 0.25) is 5.91 Å². The van der Waals surface area contributed by atoms with Crippen LogP contribution in [0.25, 0.3) is 11.1 Å². The minimum Gasteiger partial charge on any atom is -0.465 e. The van der Waals surface area contributed by atoms with E-state index in [0.717, 1.165) is 48.6 Å². The fourth-order valence-electron chi connectivity index (χ4n) is 3.46. The number of carbonyl (C=O) groups excluding carboxylic acids is 2. The number of nitrogens with one attached hydrogen (secondary N) is 2. The van der Waals surface area contributed by atoms with Crippen molar-refractivity contribution < 1.29 is 19.5 Å². The first-order valence-corrected chi connectivity index (χ1v) is 10.5. The highest BCUT2D eigenvalue weighted by atomic mass is 16.4. The molecule has 1 aliphatic rings. The first-order valence-electron chi connectivity index (χ1n) is 10.5. The molecule has 0 unspecified atom stereocenters. The molecule has 3 rings (SSSR count). The van der Waals surface area contributed by atoms with E-state index in [1.54, 1.807) is 7.05 Å². The number of anilines is 1. The quantitative estimate of drug-likeness (QED) is 0.641. The number of piperazine rings is 1. The Labute approximate surface area is 187 Å². The molecule has 0 bridgehead atoms. The first kappa shape index (κ1) is 23.1. The Morgan fingerprint density at radius 2 is 1.69 bits per heavy atom. The third-order valence-electron chi connectivity index (χ3n) is 5.42. The van der Waals surface area contributed by atoms with Crippen LogP contribution in [0.15, 0.2) is 48.5 Å². The van der Waals surface area contributed by atoms with Gasteiger partial charge < -0.3 is 30.4 Å². The molecular weight excluding hydrogens is 410 g/mol. The van der Waals surface area contributed by atoms with E-state index in [0.29, 0.717) is 6.54 Å². The van der Waals surface area contributed by atoms with Crippen LogP contribution in [-0.4, -0.2) is 84.7 Å². The summed E-state index contributed by atoms with van der Waals surface area (Å²) >= 11 is 0. The van der Waals surface area contributed by atoms with Gasteiger partial charge in [0.25, 0.3) is 0 Å². The number of hydrogen-bond donors (Lipinski definition) is 3. The lowest BCUT2D eigenvalue weighted by molar-refractivity contribution is -0.129. The Morgan fingerprint density at radius 3 is 2.34 bits per heavy atom. The van der Waals surface area contributed by atoms with E-state index < -0.39 is 6.09 Å². The maximum Gasteiger partial charge on any atom is 0.405 e. The van der Waals surface area contributed by atoms with Crippen molar-refractivity contribution in [1.29, 1.82) is 0 Å². The highest BCUT2D eigenvalue weighted by Gasteiger charge is 2.19. The van der Waals surface area contributed by atoms with E-state index in [9.17, 15) is 14.4 Å². The summed E-state index contributed by atoms with van der Waals surface area (Å²) in [6, 6.07) is 15.4. The molecule has 0 spiro atoms. The summed E-state index contributed by atoms with van der Waals surface area (Å²) in [6.45, 7) is 3.30. The van der Waals surface area contributed by atoms with E-state index in [-0.39, 0.29) is 18.5 Å². The maximum atomic E-state index is 12.4. The summed E-state index contributed by atoms with van der Waals surface area (Å²) in [5.74, 6) is -0.307. The fourth-order valence-corrected chi connectivity index (χ4v) is 3.46. The molecule has 0 radical (unpaired) electrons. The number of likely N-dealkylation sites (N-methyl/N-ethyl adjacent to an activating group) is 2. The van der Waals surface area contributed by atoms with Gasteiger partial charge in [-0.05, 0) is 41.9 Å². The largest absolute Gasteiger partial charge is 0.465 e. The van der Waals surface area contributed by atoms with Crippen LogP contribution in [0.4, 0.5) is 15.3 Å². The van der Waals surface area contributed by atoms with E-state index in [2.05, 4.69) is 22.6 Å². The van der Waals surface area contributed by atoms with Crippen LogP contribution in [-0.2, 0) is 11.3 Å². The minimum absolute atomic E-state index is 0.0852. The van der Waals surface area contributed by atoms with Crippen molar-refractivity contribution in [3.05, 3.63) is 54.1 Å². The average Bonchev–Trinajstić information content (AvgIpc) is 2.78. The summed E-state index contributed by atoms with van der Waals surface area (Å²) < 4.78 is 0. The van der Waals surface area contributed by atoms with E-state index in [4.69, 9.17) is 5.11 Å². The van der Waals surface area contributed by atoms with Crippen LogP contribution in [0.5, 0.6) is 0 Å². The predicted molar refractivity (Wildman–Crippen MR) is 122 cm³/mol. The zero-order chi connectivity index (χ0) is 23.1. The molecule has 1 heterocycles. The summed E-state index contributed by atoms with van der Waals surface area (Å²) in [6.07, 6.45) is -1.23. The van der Waals surface area contributed by atoms with Crippen molar-refractivity contribution in [3.63, 3.8) is 0 Å². The van der Waals surface area contributed by atoms with Crippen molar-refractivity contribution in [2.24, 2.45) is 0 Å². The van der Waals surface area contributed by atoms with Crippen LogP contribution in [0.3, 0.4) is 0 Å². The highest BCUT2D eigenvalue weighted by molar-refractivity contribution is 5.89. The molecule has 0 saturated carbocycles. The van der Waals surface area contributed by atoms with Gasteiger partial charge in [-0.15, -0.1) is 0 Å². The van der Waals surface area contributed by atoms with Gasteiger partial charge in [0.05, 0.1) is 0 Å². The molecule has 170 valence electrons. The lowest BCUT2D eigenvalue weighted by Gasteiger charge is -2.32. The van der Waals surface area contributed by atoms with E-state index in [1.807, 2.05) is 53.4 Å². The molecule has 3 N–H and O–H groups in total. The average molecular weight is 440 g/mol. The molecule has 4 amide bonds. The number of urea groups is 1. The normalized spacial score (nSPS) is 14.0. The lowest BCUT2D eigenvalue weighted by Crippen LogP contribution is -2.48. The maximum absolute atomic E-state index is 12.4. The van der Waals surface area contributed by atoms with Crippen molar-refractivity contribution in [2.75, 3.05) is 52.1 Å². The molecule has 0 aliphatic carbocycles. The van der Waals surface area contributed by atoms with Crippen LogP contribution in [0.1, 0.15) is 5.56 Å². The number of amides is 4. The summed E-state index contributed by atoms with van der Waals surface area (Å²) in [5.41, 5.74) is 3.65. The predicted octanol–water partition coefficient (Wildman–Crippen LogP) is 2.36. The van der Waals surface area contributed by atoms with Crippen molar-refractivity contribution in [1.82, 2.24) is 20.0 Å². The SMILES string of the molecule is CN1CCN(C(=O)Nc2ccc(-c3cccc(CN(C)C(=O)CNC(=O)O)c3)cc2)CC1. The Kier molecular flexibility index (Phi) is 7.67. The van der Waals surface area contributed by atoms with Crippen LogP contribution in [0, 0.1) is 0 Å². The number of rotatable bonds is 6. The molecule has 0 atom stereocenters. The molecule has 2 aromatic rings. The van der Waals surface area contributed by atoms with Gasteiger partial charge in [-0.25, -0.2) is 9.59 Å².